The fourth-order valence-corrected chi connectivity index (χ4v) is 18.8. The van der Waals surface area contributed by atoms with Gasteiger partial charge in [0.15, 0.2) is 0 Å². The van der Waals surface area contributed by atoms with Gasteiger partial charge >= 0.3 is 0 Å². The van der Waals surface area contributed by atoms with Crippen LogP contribution in [0.3, 0.4) is 0 Å². The maximum atomic E-state index is 2.49. The minimum absolute atomic E-state index is 0.0513. The van der Waals surface area contributed by atoms with Crippen molar-refractivity contribution in [2.24, 2.45) is 0 Å². The summed E-state index contributed by atoms with van der Waals surface area (Å²) in [6.07, 6.45) is 0. The molecule has 18 aromatic carbocycles. The fraction of sp³-hybridized carbons (Fsp3) is 0.0857. The van der Waals surface area contributed by atoms with E-state index in [1.165, 1.54) is 209 Å². The summed E-state index contributed by atoms with van der Waals surface area (Å²) in [5.74, 6) is 0. The first-order valence-electron chi connectivity index (χ1n) is 37.2. The summed E-state index contributed by atoms with van der Waals surface area (Å²) in [4.78, 5) is 0. The Morgan fingerprint density at radius 3 is 0.981 bits per heavy atom. The monoisotopic (exact) mass is 1340 g/mol. The number of benzene rings is 18. The van der Waals surface area contributed by atoms with Crippen LogP contribution in [0.4, 0.5) is 0 Å². The number of hydrogen-bond donors (Lipinski definition) is 0. The molecule has 18 aromatic rings. The first kappa shape index (κ1) is 62.3. The Labute approximate surface area is 614 Å². The first-order chi connectivity index (χ1) is 51.3. The third-order valence-corrected chi connectivity index (χ3v) is 24.1. The molecule has 0 atom stereocenters. The van der Waals surface area contributed by atoms with E-state index in [-0.39, 0.29) is 16.2 Å². The van der Waals surface area contributed by atoms with Gasteiger partial charge < -0.3 is 0 Å². The summed E-state index contributed by atoms with van der Waals surface area (Å²) < 4.78 is 0. The molecule has 3 aliphatic carbocycles. The summed E-state index contributed by atoms with van der Waals surface area (Å²) >= 11 is 0. The van der Waals surface area contributed by atoms with Crippen LogP contribution in [0.5, 0.6) is 0 Å². The lowest BCUT2D eigenvalue weighted by atomic mass is 9.80. The van der Waals surface area contributed by atoms with Crippen molar-refractivity contribution >= 4 is 64.6 Å². The van der Waals surface area contributed by atoms with Crippen LogP contribution in [0.15, 0.2) is 352 Å². The number of rotatable bonds is 7. The zero-order chi connectivity index (χ0) is 70.5. The number of fused-ring (bicyclic) bond motifs is 15. The van der Waals surface area contributed by atoms with Crippen molar-refractivity contribution < 1.29 is 0 Å². The van der Waals surface area contributed by atoms with Gasteiger partial charge in [-0.2, -0.15) is 0 Å². The van der Waals surface area contributed by atoms with Crippen molar-refractivity contribution in [2.45, 2.75) is 57.8 Å². The highest BCUT2D eigenvalue weighted by molar-refractivity contribution is 6.25. The Morgan fingerprint density at radius 2 is 0.448 bits per heavy atom. The molecule has 0 heterocycles. The van der Waals surface area contributed by atoms with Gasteiger partial charge in [0.25, 0.3) is 0 Å². The van der Waals surface area contributed by atoms with Crippen molar-refractivity contribution in [3.8, 4) is 111 Å². The third-order valence-electron chi connectivity index (χ3n) is 24.1. The molecule has 0 unspecified atom stereocenters. The van der Waals surface area contributed by atoms with E-state index in [1.54, 1.807) is 0 Å². The molecule has 105 heavy (non-hydrogen) atoms. The predicted molar refractivity (Wildman–Crippen MR) is 449 cm³/mol. The van der Waals surface area contributed by atoms with Crippen LogP contribution in [0, 0.1) is 0 Å². The average Bonchev–Trinajstić information content (AvgIpc) is 1.26. The minimum atomic E-state index is -0.0788. The lowest BCUT2D eigenvalue weighted by molar-refractivity contribution is 0.660. The number of hydrogen-bond acceptors (Lipinski definition) is 0. The maximum Gasteiger partial charge on any atom is 0.0159 e. The van der Waals surface area contributed by atoms with Gasteiger partial charge in [-0.1, -0.05) is 357 Å². The zero-order valence-corrected chi connectivity index (χ0v) is 60.0. The van der Waals surface area contributed by atoms with Crippen molar-refractivity contribution in [1.82, 2.24) is 0 Å². The standard InChI is InChI=1S/C54H40.C51H36/c1-53(2)47-22-11-9-17-38(47)40-27-24-35(31-49(40)53)34-25-29-45-46(30-34)52(42-21-13-15-33-14-5-6-16-37(33)42)44-20-8-7-19-43(44)51(45)36-26-28-41-39-18-10-12-23-48(39)54(3,4)50(41)32-36;1-51(2)47-19-11-10-16-41(47)42-28-26-39(32-48(42)51)38-27-29-45-46(31-38)50(40-25-22-34-14-6-7-15-37(34)30-40)44-18-9-8-17-43(44)49(45)36-23-20-35(21-24-36)33-12-4-3-5-13-33/h5-32H,1-4H3;3-32H,1-2H3. The van der Waals surface area contributed by atoms with E-state index in [9.17, 15) is 0 Å². The molecule has 0 aliphatic heterocycles. The molecular formula is C105H76. The summed E-state index contributed by atoms with van der Waals surface area (Å²) in [5, 5.41) is 15.2. The molecule has 496 valence electrons. The topological polar surface area (TPSA) is 0 Å². The van der Waals surface area contributed by atoms with Crippen molar-refractivity contribution in [2.75, 3.05) is 0 Å². The van der Waals surface area contributed by atoms with E-state index < -0.39 is 0 Å². The summed E-state index contributed by atoms with van der Waals surface area (Å²) in [6.45, 7) is 14.2. The normalized spacial score (nSPS) is 13.8. The van der Waals surface area contributed by atoms with Crippen LogP contribution in [0.25, 0.3) is 176 Å². The molecule has 0 radical (unpaired) electrons. The van der Waals surface area contributed by atoms with Gasteiger partial charge in [-0.25, -0.2) is 0 Å². The molecule has 0 fully saturated rings. The van der Waals surface area contributed by atoms with Gasteiger partial charge in [-0.15, -0.1) is 0 Å². The summed E-state index contributed by atoms with van der Waals surface area (Å²) in [7, 11) is 0. The lowest BCUT2D eigenvalue weighted by Gasteiger charge is -2.23. The molecule has 0 N–H and O–H groups in total. The minimum Gasteiger partial charge on any atom is -0.0622 e. The highest BCUT2D eigenvalue weighted by Crippen LogP contribution is 2.56. The smallest absolute Gasteiger partial charge is 0.0159 e. The summed E-state index contributed by atoms with van der Waals surface area (Å²) in [5.41, 5.74) is 34.0. The molecule has 0 aromatic heterocycles. The molecule has 0 nitrogen and oxygen atoms in total. The van der Waals surface area contributed by atoms with Crippen LogP contribution in [-0.2, 0) is 16.2 Å². The Morgan fingerprint density at radius 1 is 0.143 bits per heavy atom. The van der Waals surface area contributed by atoms with Gasteiger partial charge in [-0.3, -0.25) is 0 Å². The fourth-order valence-electron chi connectivity index (χ4n) is 18.8. The van der Waals surface area contributed by atoms with Gasteiger partial charge in [0.05, 0.1) is 0 Å². The largest absolute Gasteiger partial charge is 0.0622 e. The quantitative estimate of drug-likeness (QED) is 0.140. The van der Waals surface area contributed by atoms with Crippen molar-refractivity contribution in [3.05, 3.63) is 385 Å². The highest BCUT2D eigenvalue weighted by atomic mass is 14.4. The second kappa shape index (κ2) is 23.8. The van der Waals surface area contributed by atoms with E-state index in [2.05, 4.69) is 393 Å². The summed E-state index contributed by atoms with van der Waals surface area (Å²) in [6, 6.07) is 132. The molecule has 0 heteroatoms. The maximum absolute atomic E-state index is 2.49. The van der Waals surface area contributed by atoms with Crippen LogP contribution >= 0.6 is 0 Å². The van der Waals surface area contributed by atoms with Crippen molar-refractivity contribution in [3.63, 3.8) is 0 Å². The van der Waals surface area contributed by atoms with Crippen LogP contribution < -0.4 is 0 Å². The first-order valence-corrected chi connectivity index (χ1v) is 37.2. The van der Waals surface area contributed by atoms with Crippen LogP contribution in [0.1, 0.15) is 74.9 Å². The molecule has 0 saturated heterocycles. The molecule has 0 saturated carbocycles. The van der Waals surface area contributed by atoms with E-state index >= 15 is 0 Å². The average molecular weight is 1340 g/mol. The highest BCUT2D eigenvalue weighted by Gasteiger charge is 2.38. The molecule has 3 aliphatic rings. The molecular weight excluding hydrogens is 1260 g/mol. The Hall–Kier alpha value is -12.5. The van der Waals surface area contributed by atoms with Crippen molar-refractivity contribution in [1.29, 1.82) is 0 Å². The Kier molecular flexibility index (Phi) is 14.1. The second-order valence-corrected chi connectivity index (χ2v) is 30.9. The molecule has 21 rings (SSSR count). The van der Waals surface area contributed by atoms with Gasteiger partial charge in [-0.05, 0) is 246 Å². The lowest BCUT2D eigenvalue weighted by Crippen LogP contribution is -2.14. The van der Waals surface area contributed by atoms with Gasteiger partial charge in [0.2, 0.25) is 0 Å². The zero-order valence-electron chi connectivity index (χ0n) is 60.0. The Balaban J connectivity index is 0.000000140. The third kappa shape index (κ3) is 9.73. The molecule has 0 spiro atoms. The Bertz CT molecular complexity index is 6640. The second-order valence-electron chi connectivity index (χ2n) is 30.9. The van der Waals surface area contributed by atoms with Crippen LogP contribution in [-0.4, -0.2) is 0 Å². The van der Waals surface area contributed by atoms with E-state index in [0.717, 1.165) is 0 Å². The SMILES string of the molecule is CC1(C)c2ccccc2-c2ccc(-c3ccc4c(-c5ccc(-c6ccccc6)cc5)c5ccccc5c(-c5ccc6ccccc6c5)c4c3)cc21.CC1(C)c2ccccc2-c2ccc(-c3ccc4c(-c5ccc6c(c5)C(C)(C)c5ccccc5-6)c5ccccc5c(-c5cccc6ccccc56)c4c3)cc21. The van der Waals surface area contributed by atoms with Gasteiger partial charge in [0.1, 0.15) is 0 Å². The van der Waals surface area contributed by atoms with Crippen LogP contribution in [0.2, 0.25) is 0 Å². The molecule has 0 amide bonds. The van der Waals surface area contributed by atoms with E-state index in [0.29, 0.717) is 0 Å². The molecule has 0 bridgehead atoms. The van der Waals surface area contributed by atoms with E-state index in [1.807, 2.05) is 0 Å². The van der Waals surface area contributed by atoms with Gasteiger partial charge in [0, 0.05) is 16.2 Å². The predicted octanol–water partition coefficient (Wildman–Crippen LogP) is 28.9. The van der Waals surface area contributed by atoms with E-state index in [4.69, 9.17) is 0 Å².